The maximum atomic E-state index is 11.8. The fourth-order valence-corrected chi connectivity index (χ4v) is 3.34. The van der Waals surface area contributed by atoms with Gasteiger partial charge in [0.15, 0.2) is 0 Å². The quantitative estimate of drug-likeness (QED) is 0.169. The minimum Gasteiger partial charge on any atom is -0.469 e. The molecule has 0 spiro atoms. The van der Waals surface area contributed by atoms with Gasteiger partial charge in [-0.25, -0.2) is 0 Å². The first-order chi connectivity index (χ1) is 12.7. The summed E-state index contributed by atoms with van der Waals surface area (Å²) in [6.45, 7) is 2.24. The molecule has 0 aromatic rings. The van der Waals surface area contributed by atoms with E-state index in [9.17, 15) is 9.59 Å². The Labute approximate surface area is 162 Å². The number of Topliss-reactive ketones (excluding diaryl/α,β-unsaturated/α-hetero) is 1. The van der Waals surface area contributed by atoms with Crippen molar-refractivity contribution in [2.24, 2.45) is 0 Å². The summed E-state index contributed by atoms with van der Waals surface area (Å²) in [6, 6.07) is 0. The Kier molecular flexibility index (Phi) is 19.8. The molecule has 0 amide bonds. The predicted octanol–water partition coefficient (Wildman–Crippen LogP) is 7.16. The van der Waals surface area contributed by atoms with Crippen LogP contribution >= 0.6 is 0 Å². The highest BCUT2D eigenvalue weighted by molar-refractivity contribution is 5.78. The van der Waals surface area contributed by atoms with Crippen molar-refractivity contribution in [2.75, 3.05) is 7.11 Å². The predicted molar refractivity (Wildman–Crippen MR) is 110 cm³/mol. The number of hydrogen-bond acceptors (Lipinski definition) is 3. The third-order valence-electron chi connectivity index (χ3n) is 5.12. The van der Waals surface area contributed by atoms with E-state index in [-0.39, 0.29) is 5.97 Å². The van der Waals surface area contributed by atoms with E-state index >= 15 is 0 Å². The van der Waals surface area contributed by atoms with Crippen molar-refractivity contribution in [1.29, 1.82) is 0 Å². The number of unbranched alkanes of at least 4 members (excludes halogenated alkanes) is 14. The molecule has 0 radical (unpaired) electrons. The Balaban J connectivity index is 3.16. The molecule has 0 aliphatic carbocycles. The number of esters is 1. The molecule has 0 saturated carbocycles. The van der Waals surface area contributed by atoms with Crippen LogP contribution in [-0.4, -0.2) is 18.9 Å². The van der Waals surface area contributed by atoms with E-state index in [1.165, 1.54) is 84.2 Å². The molecule has 0 aliphatic heterocycles. The molecule has 0 bridgehead atoms. The molecule has 0 heterocycles. The van der Waals surface area contributed by atoms with Crippen LogP contribution in [0.15, 0.2) is 0 Å². The topological polar surface area (TPSA) is 43.4 Å². The number of methoxy groups -OCH3 is 1. The number of ether oxygens (including phenoxy) is 1. The summed E-state index contributed by atoms with van der Waals surface area (Å²) in [4.78, 5) is 22.8. The van der Waals surface area contributed by atoms with Gasteiger partial charge in [-0.15, -0.1) is 0 Å². The Morgan fingerprint density at radius 2 is 0.885 bits per heavy atom. The van der Waals surface area contributed by atoms with Gasteiger partial charge < -0.3 is 4.74 Å². The number of carbonyl (C=O) groups excluding carboxylic acids is 2. The number of ketones is 1. The zero-order chi connectivity index (χ0) is 19.3. The van der Waals surface area contributed by atoms with Crippen LogP contribution < -0.4 is 0 Å². The molecule has 3 heteroatoms. The van der Waals surface area contributed by atoms with Crippen molar-refractivity contribution in [3.8, 4) is 0 Å². The highest BCUT2D eigenvalue weighted by Gasteiger charge is 2.02. The zero-order valence-electron chi connectivity index (χ0n) is 17.7. The summed E-state index contributed by atoms with van der Waals surface area (Å²) in [6.07, 6.45) is 21.8. The minimum absolute atomic E-state index is 0.0875. The van der Waals surface area contributed by atoms with Crippen molar-refractivity contribution in [3.63, 3.8) is 0 Å². The molecule has 0 aromatic carbocycles. The zero-order valence-corrected chi connectivity index (χ0v) is 17.7. The van der Waals surface area contributed by atoms with Gasteiger partial charge in [-0.3, -0.25) is 9.59 Å². The van der Waals surface area contributed by atoms with Crippen molar-refractivity contribution < 1.29 is 14.3 Å². The average molecular weight is 369 g/mol. The van der Waals surface area contributed by atoms with Gasteiger partial charge in [0.2, 0.25) is 0 Å². The molecular weight excluding hydrogens is 324 g/mol. The highest BCUT2D eigenvalue weighted by atomic mass is 16.5. The van der Waals surface area contributed by atoms with E-state index in [2.05, 4.69) is 11.7 Å². The molecule has 0 aromatic heterocycles. The van der Waals surface area contributed by atoms with Gasteiger partial charge in [-0.1, -0.05) is 90.4 Å². The van der Waals surface area contributed by atoms with E-state index in [1.54, 1.807) is 0 Å². The molecule has 0 unspecified atom stereocenters. The van der Waals surface area contributed by atoms with Crippen LogP contribution in [0.5, 0.6) is 0 Å². The van der Waals surface area contributed by atoms with Gasteiger partial charge in [0.05, 0.1) is 7.11 Å². The lowest BCUT2D eigenvalue weighted by Crippen LogP contribution is -1.99. The number of carbonyl (C=O) groups is 2. The smallest absolute Gasteiger partial charge is 0.305 e. The molecule has 0 rings (SSSR count). The van der Waals surface area contributed by atoms with Crippen LogP contribution in [0.25, 0.3) is 0 Å². The third-order valence-corrected chi connectivity index (χ3v) is 5.12. The first-order valence-electron chi connectivity index (χ1n) is 11.3. The lowest BCUT2D eigenvalue weighted by Gasteiger charge is -2.03. The van der Waals surface area contributed by atoms with Gasteiger partial charge in [0, 0.05) is 19.3 Å². The van der Waals surface area contributed by atoms with E-state index in [0.717, 1.165) is 38.5 Å². The largest absolute Gasteiger partial charge is 0.469 e. The Bertz CT molecular complexity index is 325. The summed E-state index contributed by atoms with van der Waals surface area (Å²) in [5.74, 6) is 0.392. The van der Waals surface area contributed by atoms with Gasteiger partial charge in [-0.2, -0.15) is 0 Å². The van der Waals surface area contributed by atoms with E-state index in [1.807, 2.05) is 0 Å². The highest BCUT2D eigenvalue weighted by Crippen LogP contribution is 2.13. The standard InChI is InChI=1S/C23H44O3/c1-3-4-5-6-13-16-19-22(24)20-17-14-11-9-7-8-10-12-15-18-21-23(25)26-2/h3-21H2,1-2H3. The second-order valence-electron chi connectivity index (χ2n) is 7.67. The monoisotopic (exact) mass is 368 g/mol. The summed E-state index contributed by atoms with van der Waals surface area (Å²) >= 11 is 0. The molecule has 0 aliphatic rings. The Morgan fingerprint density at radius 1 is 0.538 bits per heavy atom. The lowest BCUT2D eigenvalue weighted by atomic mass is 10.0. The molecule has 0 saturated heterocycles. The second-order valence-corrected chi connectivity index (χ2v) is 7.67. The molecule has 0 fully saturated rings. The Hall–Kier alpha value is -0.860. The van der Waals surface area contributed by atoms with Gasteiger partial charge in [-0.05, 0) is 19.3 Å². The normalized spacial score (nSPS) is 10.8. The maximum Gasteiger partial charge on any atom is 0.305 e. The van der Waals surface area contributed by atoms with Crippen LogP contribution in [0.2, 0.25) is 0 Å². The van der Waals surface area contributed by atoms with E-state index in [0.29, 0.717) is 12.2 Å². The molecule has 3 nitrogen and oxygen atoms in total. The van der Waals surface area contributed by atoms with Crippen molar-refractivity contribution in [3.05, 3.63) is 0 Å². The number of hydrogen-bond donors (Lipinski definition) is 0. The number of rotatable bonds is 20. The van der Waals surface area contributed by atoms with Crippen LogP contribution in [0.3, 0.4) is 0 Å². The molecule has 154 valence electrons. The lowest BCUT2D eigenvalue weighted by molar-refractivity contribution is -0.140. The molecule has 0 atom stereocenters. The Morgan fingerprint density at radius 3 is 1.27 bits per heavy atom. The summed E-state index contributed by atoms with van der Waals surface area (Å²) in [5, 5.41) is 0. The first-order valence-corrected chi connectivity index (χ1v) is 11.3. The SMILES string of the molecule is CCCCCCCCC(=O)CCCCCCCCCCCCC(=O)OC. The van der Waals surface area contributed by atoms with Gasteiger partial charge in [0.1, 0.15) is 5.78 Å². The molecule has 0 N–H and O–H groups in total. The fourth-order valence-electron chi connectivity index (χ4n) is 3.34. The van der Waals surface area contributed by atoms with E-state index in [4.69, 9.17) is 0 Å². The average Bonchev–Trinajstić information content (AvgIpc) is 2.65. The third kappa shape index (κ3) is 19.5. The summed E-state index contributed by atoms with van der Waals surface area (Å²) in [5.41, 5.74) is 0. The van der Waals surface area contributed by atoms with E-state index < -0.39 is 0 Å². The van der Waals surface area contributed by atoms with Crippen molar-refractivity contribution >= 4 is 11.8 Å². The first kappa shape index (κ1) is 25.1. The van der Waals surface area contributed by atoms with Crippen molar-refractivity contribution in [1.82, 2.24) is 0 Å². The molecular formula is C23H44O3. The summed E-state index contributed by atoms with van der Waals surface area (Å²) in [7, 11) is 1.45. The van der Waals surface area contributed by atoms with Crippen LogP contribution in [-0.2, 0) is 14.3 Å². The second kappa shape index (κ2) is 20.5. The van der Waals surface area contributed by atoms with Crippen LogP contribution in [0.4, 0.5) is 0 Å². The maximum absolute atomic E-state index is 11.8. The minimum atomic E-state index is -0.0875. The van der Waals surface area contributed by atoms with Crippen LogP contribution in [0, 0.1) is 0 Å². The van der Waals surface area contributed by atoms with Crippen molar-refractivity contribution in [2.45, 2.75) is 129 Å². The van der Waals surface area contributed by atoms with Gasteiger partial charge in [0.25, 0.3) is 0 Å². The van der Waals surface area contributed by atoms with Gasteiger partial charge >= 0.3 is 5.97 Å². The molecule has 26 heavy (non-hydrogen) atoms. The summed E-state index contributed by atoms with van der Waals surface area (Å²) < 4.78 is 4.63. The van der Waals surface area contributed by atoms with Crippen LogP contribution in [0.1, 0.15) is 129 Å². The fraction of sp³-hybridized carbons (Fsp3) is 0.913.